The van der Waals surface area contributed by atoms with Crippen LogP contribution in [0.5, 0.6) is 0 Å². The van der Waals surface area contributed by atoms with Crippen molar-refractivity contribution in [2.24, 2.45) is 52.3 Å². The molecule has 7 heteroatoms. The van der Waals surface area contributed by atoms with Gasteiger partial charge in [-0.15, -0.1) is 0 Å². The first kappa shape index (κ1) is 32.8. The minimum Gasteiger partial charge on any atom is -0.394 e. The highest BCUT2D eigenvalue weighted by Crippen LogP contribution is 2.67. The summed E-state index contributed by atoms with van der Waals surface area (Å²) in [7, 11) is 0. The van der Waals surface area contributed by atoms with E-state index in [4.69, 9.17) is 9.47 Å². The summed E-state index contributed by atoms with van der Waals surface area (Å²) in [5.41, 5.74) is 1.57. The Labute approximate surface area is 254 Å². The van der Waals surface area contributed by atoms with Gasteiger partial charge in [0, 0.05) is 0 Å². The van der Waals surface area contributed by atoms with E-state index < -0.39 is 43.4 Å². The molecule has 0 bridgehead atoms. The molecule has 15 atom stereocenters. The van der Waals surface area contributed by atoms with Crippen LogP contribution >= 0.6 is 0 Å². The van der Waals surface area contributed by atoms with Crippen LogP contribution in [0.15, 0.2) is 11.6 Å². The highest BCUT2D eigenvalue weighted by atomic mass is 16.7. The molecule has 42 heavy (non-hydrogen) atoms. The zero-order valence-electron chi connectivity index (χ0n) is 27.0. The zero-order valence-corrected chi connectivity index (χ0v) is 27.0. The topological polar surface area (TPSA) is 120 Å². The highest BCUT2D eigenvalue weighted by molar-refractivity contribution is 5.28. The maximum Gasteiger partial charge on any atom is 0.186 e. The Kier molecular flexibility index (Phi) is 9.92. The van der Waals surface area contributed by atoms with Gasteiger partial charge in [0.05, 0.1) is 18.8 Å². The van der Waals surface area contributed by atoms with Crippen LogP contribution in [0, 0.1) is 52.3 Å². The summed E-state index contributed by atoms with van der Waals surface area (Å²) in [6.45, 7) is 14.1. The number of rotatable bonds is 9. The minimum atomic E-state index is -1.44. The molecular formula is C35H60O7. The normalized spacial score (nSPS) is 48.7. The van der Waals surface area contributed by atoms with Gasteiger partial charge in [-0.25, -0.2) is 0 Å². The number of fused-ring (bicyclic) bond motifs is 5. The Morgan fingerprint density at radius 1 is 0.929 bits per heavy atom. The van der Waals surface area contributed by atoms with Crippen molar-refractivity contribution >= 4 is 0 Å². The van der Waals surface area contributed by atoms with Crippen LogP contribution in [-0.4, -0.2) is 75.1 Å². The lowest BCUT2D eigenvalue weighted by Gasteiger charge is -2.59. The SMILES string of the molecule is CCC(CCC(C)C1CCC2C3C(O)C=C4CC(OC5OC(CO)C(O)C(O)C5O)CCC4(C)C3CCC12C)C(C)C. The Hall–Kier alpha value is -0.540. The summed E-state index contributed by atoms with van der Waals surface area (Å²) in [4.78, 5) is 0. The molecule has 0 aromatic carbocycles. The fraction of sp³-hybridized carbons (Fsp3) is 0.943. The van der Waals surface area contributed by atoms with Gasteiger partial charge in [-0.1, -0.05) is 66.0 Å². The molecule has 5 aliphatic rings. The molecule has 3 saturated carbocycles. The van der Waals surface area contributed by atoms with Crippen molar-refractivity contribution in [2.45, 2.75) is 149 Å². The molecule has 0 aromatic rings. The molecule has 1 aliphatic heterocycles. The van der Waals surface area contributed by atoms with E-state index >= 15 is 0 Å². The first-order valence-electron chi connectivity index (χ1n) is 17.2. The average Bonchev–Trinajstić information content (AvgIpc) is 3.31. The Morgan fingerprint density at radius 3 is 2.33 bits per heavy atom. The number of hydrogen-bond donors (Lipinski definition) is 5. The molecule has 4 fully saturated rings. The first-order valence-corrected chi connectivity index (χ1v) is 17.2. The molecule has 5 rings (SSSR count). The fourth-order valence-corrected chi connectivity index (χ4v) is 10.8. The number of ether oxygens (including phenoxy) is 2. The molecule has 0 radical (unpaired) electrons. The van der Waals surface area contributed by atoms with Gasteiger partial charge in [-0.3, -0.25) is 0 Å². The van der Waals surface area contributed by atoms with Gasteiger partial charge in [-0.05, 0) is 104 Å². The quantitative estimate of drug-likeness (QED) is 0.244. The second kappa shape index (κ2) is 12.7. The van der Waals surface area contributed by atoms with Crippen molar-refractivity contribution in [1.29, 1.82) is 0 Å². The van der Waals surface area contributed by atoms with E-state index in [-0.39, 0.29) is 11.5 Å². The van der Waals surface area contributed by atoms with Gasteiger partial charge in [-0.2, -0.15) is 0 Å². The van der Waals surface area contributed by atoms with Crippen LogP contribution in [0.2, 0.25) is 0 Å². The summed E-state index contributed by atoms with van der Waals surface area (Å²) >= 11 is 0. The van der Waals surface area contributed by atoms with E-state index in [1.807, 2.05) is 0 Å². The van der Waals surface area contributed by atoms with Crippen molar-refractivity contribution in [1.82, 2.24) is 0 Å². The van der Waals surface area contributed by atoms with Crippen LogP contribution in [0.4, 0.5) is 0 Å². The Morgan fingerprint density at radius 2 is 1.67 bits per heavy atom. The summed E-state index contributed by atoms with van der Waals surface area (Å²) in [5.74, 6) is 4.35. The molecule has 15 unspecified atom stereocenters. The lowest BCUT2D eigenvalue weighted by Crippen LogP contribution is -2.60. The minimum absolute atomic E-state index is 0.0236. The van der Waals surface area contributed by atoms with Crippen molar-refractivity contribution < 1.29 is 35.0 Å². The van der Waals surface area contributed by atoms with E-state index in [2.05, 4.69) is 47.6 Å². The maximum atomic E-state index is 11.7. The Balaban J connectivity index is 1.27. The van der Waals surface area contributed by atoms with Gasteiger partial charge >= 0.3 is 0 Å². The number of aliphatic hydroxyl groups excluding tert-OH is 5. The van der Waals surface area contributed by atoms with Crippen LogP contribution in [-0.2, 0) is 9.47 Å². The molecule has 0 spiro atoms. The predicted molar refractivity (Wildman–Crippen MR) is 162 cm³/mol. The lowest BCUT2D eigenvalue weighted by atomic mass is 9.46. The molecule has 242 valence electrons. The van der Waals surface area contributed by atoms with Gasteiger partial charge in [0.1, 0.15) is 24.4 Å². The van der Waals surface area contributed by atoms with Gasteiger partial charge < -0.3 is 35.0 Å². The summed E-state index contributed by atoms with van der Waals surface area (Å²) in [5, 5.41) is 52.1. The van der Waals surface area contributed by atoms with Crippen LogP contribution in [0.1, 0.15) is 106 Å². The van der Waals surface area contributed by atoms with Crippen molar-refractivity contribution in [3.05, 3.63) is 11.6 Å². The van der Waals surface area contributed by atoms with E-state index in [9.17, 15) is 25.5 Å². The second-order valence-corrected chi connectivity index (χ2v) is 15.8. The fourth-order valence-electron chi connectivity index (χ4n) is 10.8. The molecule has 1 heterocycles. The monoisotopic (exact) mass is 592 g/mol. The molecule has 1 saturated heterocycles. The van der Waals surface area contributed by atoms with E-state index in [0.29, 0.717) is 29.6 Å². The molecule has 5 N–H and O–H groups in total. The number of hydrogen-bond acceptors (Lipinski definition) is 7. The third kappa shape index (κ3) is 5.67. The Bertz CT molecular complexity index is 952. The van der Waals surface area contributed by atoms with Crippen molar-refractivity contribution in [3.63, 3.8) is 0 Å². The molecule has 4 aliphatic carbocycles. The van der Waals surface area contributed by atoms with Crippen LogP contribution in [0.3, 0.4) is 0 Å². The lowest BCUT2D eigenvalue weighted by molar-refractivity contribution is -0.313. The maximum absolute atomic E-state index is 11.7. The summed E-state index contributed by atoms with van der Waals surface area (Å²) in [6, 6.07) is 0. The standard InChI is InChI=1S/C35H60O7/c1-7-21(19(2)3)9-8-20(4)24-10-11-25-29-26(13-15-35(24,25)6)34(5)14-12-23(16-22(34)17-27(29)37)41-33-32(40)31(39)30(38)28(18-36)42-33/h17,19-21,23-33,36-40H,7-16,18H2,1-6H3. The third-order valence-electron chi connectivity index (χ3n) is 13.5. The smallest absolute Gasteiger partial charge is 0.186 e. The van der Waals surface area contributed by atoms with Gasteiger partial charge in [0.15, 0.2) is 6.29 Å². The van der Waals surface area contributed by atoms with Crippen molar-refractivity contribution in [2.75, 3.05) is 6.61 Å². The third-order valence-corrected chi connectivity index (χ3v) is 13.5. The summed E-state index contributed by atoms with van der Waals surface area (Å²) in [6.07, 6.45) is 6.41. The molecule has 0 aromatic heterocycles. The summed E-state index contributed by atoms with van der Waals surface area (Å²) < 4.78 is 11.8. The van der Waals surface area contributed by atoms with Gasteiger partial charge in [0.2, 0.25) is 0 Å². The molecule has 7 nitrogen and oxygen atoms in total. The highest BCUT2D eigenvalue weighted by Gasteiger charge is 2.61. The van der Waals surface area contributed by atoms with E-state index in [1.54, 1.807) is 0 Å². The van der Waals surface area contributed by atoms with Gasteiger partial charge in [0.25, 0.3) is 0 Å². The first-order chi connectivity index (χ1) is 19.8. The average molecular weight is 593 g/mol. The van der Waals surface area contributed by atoms with Crippen molar-refractivity contribution in [3.8, 4) is 0 Å². The second-order valence-electron chi connectivity index (χ2n) is 15.8. The largest absolute Gasteiger partial charge is 0.394 e. The molecular weight excluding hydrogens is 532 g/mol. The number of aliphatic hydroxyl groups is 5. The van der Waals surface area contributed by atoms with Crippen LogP contribution < -0.4 is 0 Å². The van der Waals surface area contributed by atoms with E-state index in [1.165, 1.54) is 44.1 Å². The zero-order chi connectivity index (χ0) is 30.6. The predicted octanol–water partition coefficient (Wildman–Crippen LogP) is 4.82. The molecule has 0 amide bonds. The van der Waals surface area contributed by atoms with E-state index in [0.717, 1.165) is 42.9 Å². The van der Waals surface area contributed by atoms with Crippen LogP contribution in [0.25, 0.3) is 0 Å².